The highest BCUT2D eigenvalue weighted by Gasteiger charge is 2.38. The van der Waals surface area contributed by atoms with Crippen LogP contribution in [0, 0.1) is 0 Å². The summed E-state index contributed by atoms with van der Waals surface area (Å²) in [7, 11) is -3.11. The van der Waals surface area contributed by atoms with Gasteiger partial charge in [0.25, 0.3) is 0 Å². The lowest BCUT2D eigenvalue weighted by molar-refractivity contribution is 0.176. The summed E-state index contributed by atoms with van der Waals surface area (Å²) in [5.74, 6) is 2.16. The average Bonchev–Trinajstić information content (AvgIpc) is 3.06. The van der Waals surface area contributed by atoms with E-state index in [1.165, 1.54) is 0 Å². The van der Waals surface area contributed by atoms with E-state index in [2.05, 4.69) is 20.8 Å². The van der Waals surface area contributed by atoms with Crippen LogP contribution in [0.15, 0.2) is 42.5 Å². The van der Waals surface area contributed by atoms with Gasteiger partial charge in [0.15, 0.2) is 8.32 Å². The second kappa shape index (κ2) is 11.1. The van der Waals surface area contributed by atoms with Crippen molar-refractivity contribution in [3.05, 3.63) is 48.0 Å². The van der Waals surface area contributed by atoms with Gasteiger partial charge in [0.05, 0.1) is 12.7 Å². The van der Waals surface area contributed by atoms with Crippen molar-refractivity contribution in [2.45, 2.75) is 83.5 Å². The van der Waals surface area contributed by atoms with Gasteiger partial charge in [0.2, 0.25) is 0 Å². The maximum Gasteiger partial charge on any atom is 0.492 e. The molecular weight excluding hydrogens is 431 g/mol. The Balaban J connectivity index is 1.58. The third-order valence-electron chi connectivity index (χ3n) is 6.95. The van der Waals surface area contributed by atoms with E-state index in [9.17, 15) is 9.82 Å². The minimum absolute atomic E-state index is 0.00839. The van der Waals surface area contributed by atoms with Gasteiger partial charge in [-0.2, -0.15) is 0 Å². The number of fused-ring (bicyclic) bond motifs is 1. The summed E-state index contributed by atoms with van der Waals surface area (Å²) < 4.78 is 17.6. The van der Waals surface area contributed by atoms with Gasteiger partial charge in [0, 0.05) is 6.07 Å². The van der Waals surface area contributed by atoms with Crippen LogP contribution < -0.4 is 14.9 Å². The average molecular weight is 470 g/mol. The molecule has 7 heteroatoms. The van der Waals surface area contributed by atoms with E-state index in [1.807, 2.05) is 55.6 Å². The molecule has 0 saturated carbocycles. The van der Waals surface area contributed by atoms with E-state index in [-0.39, 0.29) is 11.1 Å². The van der Waals surface area contributed by atoms with Crippen LogP contribution in [0.4, 0.5) is 0 Å². The molecule has 0 aliphatic carbocycles. The Labute approximate surface area is 200 Å². The highest BCUT2D eigenvalue weighted by Crippen LogP contribution is 2.41. The molecule has 1 heterocycles. The Morgan fingerprint density at radius 2 is 1.76 bits per heavy atom. The topological polar surface area (TPSA) is 68.2 Å². The molecule has 1 unspecified atom stereocenters. The van der Waals surface area contributed by atoms with Crippen LogP contribution >= 0.6 is 0 Å². The van der Waals surface area contributed by atoms with Crippen molar-refractivity contribution < 1.29 is 23.9 Å². The van der Waals surface area contributed by atoms with Crippen LogP contribution in [0.1, 0.15) is 71.0 Å². The zero-order chi connectivity index (χ0) is 24.1. The Kier molecular flexibility index (Phi) is 8.67. The molecule has 0 bridgehead atoms. The number of rotatable bonds is 12. The highest BCUT2D eigenvalue weighted by molar-refractivity contribution is 6.72. The van der Waals surface area contributed by atoms with Gasteiger partial charge in [-0.3, -0.25) is 0 Å². The molecule has 1 aliphatic heterocycles. The van der Waals surface area contributed by atoms with Crippen molar-refractivity contribution in [2.75, 3.05) is 6.61 Å². The number of benzene rings is 2. The highest BCUT2D eigenvalue weighted by atomic mass is 28.4. The first kappa shape index (κ1) is 25.8. The predicted molar refractivity (Wildman–Crippen MR) is 137 cm³/mol. The largest absolute Gasteiger partial charge is 0.493 e. The van der Waals surface area contributed by atoms with Crippen LogP contribution in [0.2, 0.25) is 18.1 Å². The molecule has 3 rings (SSSR count). The zero-order valence-electron chi connectivity index (χ0n) is 20.8. The number of hydrogen-bond donors (Lipinski definition) is 2. The number of ether oxygens (including phenoxy) is 2. The molecule has 0 fully saturated rings. The van der Waals surface area contributed by atoms with E-state index in [0.717, 1.165) is 55.3 Å². The fraction of sp³-hybridized carbons (Fsp3) is 0.538. The van der Waals surface area contributed by atoms with Crippen LogP contribution in [-0.2, 0) is 4.65 Å². The van der Waals surface area contributed by atoms with E-state index < -0.39 is 15.4 Å². The SMILES string of the molecule is CCCCOc1cccc(Oc2ccc3c(c2)B(O)OC3CCCCC(C)(C)[Si](C)(C)O)c1. The molecule has 0 radical (unpaired) electrons. The monoisotopic (exact) mass is 470 g/mol. The van der Waals surface area contributed by atoms with Gasteiger partial charge in [-0.05, 0) is 72.7 Å². The van der Waals surface area contributed by atoms with Gasteiger partial charge in [0.1, 0.15) is 17.2 Å². The molecule has 0 aromatic heterocycles. The van der Waals surface area contributed by atoms with Crippen LogP contribution in [0.3, 0.4) is 0 Å². The summed E-state index contributed by atoms with van der Waals surface area (Å²) in [4.78, 5) is 10.5. The zero-order valence-corrected chi connectivity index (χ0v) is 21.8. The maximum atomic E-state index is 10.5. The first-order valence-corrected chi connectivity index (χ1v) is 15.2. The molecule has 0 saturated heterocycles. The summed E-state index contributed by atoms with van der Waals surface area (Å²) in [5.41, 5.74) is 1.81. The van der Waals surface area contributed by atoms with Crippen molar-refractivity contribution in [1.29, 1.82) is 0 Å². The van der Waals surface area contributed by atoms with E-state index in [0.29, 0.717) is 18.1 Å². The number of hydrogen-bond acceptors (Lipinski definition) is 5. The van der Waals surface area contributed by atoms with Gasteiger partial charge in [-0.25, -0.2) is 0 Å². The normalized spacial score (nSPS) is 16.1. The molecule has 33 heavy (non-hydrogen) atoms. The van der Waals surface area contributed by atoms with Gasteiger partial charge < -0.3 is 23.9 Å². The molecule has 1 aliphatic rings. The molecule has 5 nitrogen and oxygen atoms in total. The molecule has 2 aromatic rings. The molecule has 180 valence electrons. The van der Waals surface area contributed by atoms with E-state index >= 15 is 0 Å². The Bertz CT molecular complexity index is 912. The van der Waals surface area contributed by atoms with Gasteiger partial charge in [-0.1, -0.05) is 52.2 Å². The number of unbranched alkanes of at least 4 members (excludes halogenated alkanes) is 2. The first-order valence-electron chi connectivity index (χ1n) is 12.2. The summed E-state index contributed by atoms with van der Waals surface area (Å²) >= 11 is 0. The van der Waals surface area contributed by atoms with Crippen molar-refractivity contribution in [2.24, 2.45) is 0 Å². The standard InChI is InChI=1S/C26H39BO5Si/c1-6-7-17-30-20-11-10-12-21(18-20)31-22-14-15-23-24(19-22)27(28)32-25(23)13-8-9-16-26(2,3)33(4,5)29/h10-12,14-15,18-19,25,28-29H,6-9,13,16-17H2,1-5H3. The lowest BCUT2D eigenvalue weighted by Crippen LogP contribution is -2.38. The van der Waals surface area contributed by atoms with Gasteiger partial charge in [-0.15, -0.1) is 0 Å². The first-order chi connectivity index (χ1) is 15.6. The van der Waals surface area contributed by atoms with Crippen molar-refractivity contribution in [1.82, 2.24) is 0 Å². The molecule has 2 aromatic carbocycles. The molecule has 1 atom stereocenters. The fourth-order valence-corrected chi connectivity index (χ4v) is 4.74. The maximum absolute atomic E-state index is 10.5. The second-order valence-corrected chi connectivity index (χ2v) is 14.7. The summed E-state index contributed by atoms with van der Waals surface area (Å²) in [6.07, 6.45) is 5.89. The van der Waals surface area contributed by atoms with Crippen LogP contribution in [-0.4, -0.2) is 31.9 Å². The second-order valence-electron chi connectivity index (χ2n) is 10.2. The van der Waals surface area contributed by atoms with Crippen molar-refractivity contribution in [3.63, 3.8) is 0 Å². The third-order valence-corrected chi connectivity index (χ3v) is 10.5. The van der Waals surface area contributed by atoms with Crippen LogP contribution in [0.25, 0.3) is 0 Å². The smallest absolute Gasteiger partial charge is 0.492 e. The molecule has 0 amide bonds. The molecule has 2 N–H and O–H groups in total. The predicted octanol–water partition coefficient (Wildman–Crippen LogP) is 5.95. The minimum Gasteiger partial charge on any atom is -0.493 e. The van der Waals surface area contributed by atoms with Crippen molar-refractivity contribution in [3.8, 4) is 17.2 Å². The minimum atomic E-state index is -2.18. The molecular formula is C26H39BO5Si. The van der Waals surface area contributed by atoms with E-state index in [4.69, 9.17) is 14.1 Å². The summed E-state index contributed by atoms with van der Waals surface area (Å²) in [6, 6.07) is 13.4. The van der Waals surface area contributed by atoms with E-state index in [1.54, 1.807) is 0 Å². The summed E-state index contributed by atoms with van der Waals surface area (Å²) in [6.45, 7) is 11.2. The Morgan fingerprint density at radius 3 is 2.48 bits per heavy atom. The molecule has 0 spiro atoms. The Morgan fingerprint density at radius 1 is 1.03 bits per heavy atom. The van der Waals surface area contributed by atoms with Crippen molar-refractivity contribution >= 4 is 20.9 Å². The van der Waals surface area contributed by atoms with Gasteiger partial charge >= 0.3 is 7.12 Å². The summed E-state index contributed by atoms with van der Waals surface area (Å²) in [5, 5.41) is 10.5. The lowest BCUT2D eigenvalue weighted by atomic mass is 9.79. The quantitative estimate of drug-likeness (QED) is 0.296. The van der Waals surface area contributed by atoms with Crippen LogP contribution in [0.5, 0.6) is 17.2 Å². The lowest BCUT2D eigenvalue weighted by Gasteiger charge is -2.35. The fourth-order valence-electron chi connectivity index (χ4n) is 3.95. The Hall–Kier alpha value is -1.80. The third kappa shape index (κ3) is 6.85.